The van der Waals surface area contributed by atoms with E-state index in [1.54, 1.807) is 18.2 Å². The molecular weight excluding hydrogens is 432 g/mol. The highest BCUT2D eigenvalue weighted by molar-refractivity contribution is 5.95. The molecular formula is C28H22O6. The van der Waals surface area contributed by atoms with Crippen molar-refractivity contribution in [3.8, 4) is 44.9 Å². The van der Waals surface area contributed by atoms with Crippen molar-refractivity contribution in [3.05, 3.63) is 97.1 Å². The standard InChI is InChI=1S/C28H22O6/c1-31-27(29)33-24-18-10-15-21(19-11-5-3-6-12-19)25(24)23-17-9-16-22(20-13-7-4-8-14-20)26(23)34-28(30)32-2/h3-18H,1-2H3. The van der Waals surface area contributed by atoms with Gasteiger partial charge in [-0.05, 0) is 22.8 Å². The molecule has 0 N–H and O–H groups in total. The molecule has 0 aliphatic rings. The Balaban J connectivity index is 2.03. The topological polar surface area (TPSA) is 71.1 Å². The normalized spacial score (nSPS) is 10.3. The van der Waals surface area contributed by atoms with Crippen LogP contribution in [0.4, 0.5) is 9.59 Å². The van der Waals surface area contributed by atoms with Crippen molar-refractivity contribution >= 4 is 12.3 Å². The molecule has 34 heavy (non-hydrogen) atoms. The molecule has 0 amide bonds. The zero-order valence-corrected chi connectivity index (χ0v) is 18.7. The van der Waals surface area contributed by atoms with E-state index >= 15 is 0 Å². The molecule has 0 radical (unpaired) electrons. The number of carbonyl (C=O) groups is 2. The van der Waals surface area contributed by atoms with Gasteiger partial charge in [0.15, 0.2) is 0 Å². The first-order valence-corrected chi connectivity index (χ1v) is 10.5. The van der Waals surface area contributed by atoms with Crippen LogP contribution in [0.5, 0.6) is 11.5 Å². The van der Waals surface area contributed by atoms with E-state index < -0.39 is 12.3 Å². The maximum absolute atomic E-state index is 12.3. The third-order valence-corrected chi connectivity index (χ3v) is 5.19. The summed E-state index contributed by atoms with van der Waals surface area (Å²) >= 11 is 0. The first kappa shape index (κ1) is 22.6. The fourth-order valence-corrected chi connectivity index (χ4v) is 3.70. The molecule has 0 fully saturated rings. The summed E-state index contributed by atoms with van der Waals surface area (Å²) in [5, 5.41) is 0. The largest absolute Gasteiger partial charge is 0.513 e. The number of hydrogen-bond donors (Lipinski definition) is 0. The zero-order valence-electron chi connectivity index (χ0n) is 18.7. The second-order valence-electron chi connectivity index (χ2n) is 7.21. The van der Waals surface area contributed by atoms with Gasteiger partial charge >= 0.3 is 12.3 Å². The monoisotopic (exact) mass is 454 g/mol. The van der Waals surface area contributed by atoms with E-state index in [9.17, 15) is 9.59 Å². The summed E-state index contributed by atoms with van der Waals surface area (Å²) in [5.41, 5.74) is 4.30. The molecule has 4 aromatic rings. The summed E-state index contributed by atoms with van der Waals surface area (Å²) in [6.07, 6.45) is -1.72. The van der Waals surface area contributed by atoms with Crippen molar-refractivity contribution in [2.24, 2.45) is 0 Å². The minimum atomic E-state index is -0.864. The lowest BCUT2D eigenvalue weighted by atomic mass is 9.91. The Morgan fingerprint density at radius 2 is 1.03 bits per heavy atom. The van der Waals surface area contributed by atoms with Crippen molar-refractivity contribution in [3.63, 3.8) is 0 Å². The summed E-state index contributed by atoms with van der Waals surface area (Å²) in [6.45, 7) is 0. The van der Waals surface area contributed by atoms with Crippen LogP contribution in [0.2, 0.25) is 0 Å². The number of ether oxygens (including phenoxy) is 4. The number of benzene rings is 4. The van der Waals surface area contributed by atoms with Gasteiger partial charge in [-0.2, -0.15) is 0 Å². The molecule has 6 heteroatoms. The van der Waals surface area contributed by atoms with E-state index in [2.05, 4.69) is 0 Å². The number of para-hydroxylation sites is 1. The first-order chi connectivity index (χ1) is 16.6. The van der Waals surface area contributed by atoms with Crippen molar-refractivity contribution in [1.29, 1.82) is 0 Å². The highest BCUT2D eigenvalue weighted by Crippen LogP contribution is 2.46. The predicted octanol–water partition coefficient (Wildman–Crippen LogP) is 6.98. The molecule has 0 spiro atoms. The lowest BCUT2D eigenvalue weighted by Crippen LogP contribution is -2.11. The zero-order chi connectivity index (χ0) is 23.9. The fourth-order valence-electron chi connectivity index (χ4n) is 3.70. The van der Waals surface area contributed by atoms with Gasteiger partial charge in [-0.1, -0.05) is 91.0 Å². The molecule has 0 saturated heterocycles. The van der Waals surface area contributed by atoms with E-state index in [-0.39, 0.29) is 11.5 Å². The molecule has 170 valence electrons. The molecule has 4 aromatic carbocycles. The SMILES string of the molecule is COC(=O)Oc1cccc(-c2ccccc2)c1-c1cccc(-c2ccccc2)c1OC(=O)OC. The molecule has 0 bridgehead atoms. The van der Waals surface area contributed by atoms with Gasteiger partial charge < -0.3 is 18.9 Å². The van der Waals surface area contributed by atoms with Crippen LogP contribution in [-0.4, -0.2) is 26.5 Å². The minimum absolute atomic E-state index is 0.258. The second kappa shape index (κ2) is 10.4. The Bertz CT molecular complexity index is 1300. The van der Waals surface area contributed by atoms with Crippen molar-refractivity contribution < 1.29 is 28.5 Å². The summed E-state index contributed by atoms with van der Waals surface area (Å²) in [7, 11) is 2.49. The lowest BCUT2D eigenvalue weighted by molar-refractivity contribution is 0.120. The fraction of sp³-hybridized carbons (Fsp3) is 0.0714. The molecule has 6 nitrogen and oxygen atoms in total. The van der Waals surface area contributed by atoms with Gasteiger partial charge in [0.2, 0.25) is 0 Å². The van der Waals surface area contributed by atoms with Gasteiger partial charge in [0.1, 0.15) is 11.5 Å². The summed E-state index contributed by atoms with van der Waals surface area (Å²) < 4.78 is 20.7. The molecule has 0 heterocycles. The summed E-state index contributed by atoms with van der Waals surface area (Å²) in [5.74, 6) is 0.534. The quantitative estimate of drug-likeness (QED) is 0.239. The third kappa shape index (κ3) is 4.76. The maximum Gasteiger partial charge on any atom is 0.513 e. The number of carbonyl (C=O) groups excluding carboxylic acids is 2. The smallest absolute Gasteiger partial charge is 0.437 e. The second-order valence-corrected chi connectivity index (χ2v) is 7.21. The Labute approximate surface area is 197 Å². The maximum atomic E-state index is 12.3. The van der Waals surface area contributed by atoms with Gasteiger partial charge in [0, 0.05) is 16.7 Å². The Kier molecular flexibility index (Phi) is 6.89. The van der Waals surface area contributed by atoms with E-state index in [1.807, 2.05) is 78.9 Å². The molecule has 0 aromatic heterocycles. The highest BCUT2D eigenvalue weighted by Gasteiger charge is 2.23. The Hall–Kier alpha value is -4.58. The van der Waals surface area contributed by atoms with E-state index in [0.29, 0.717) is 16.7 Å². The van der Waals surface area contributed by atoms with Crippen LogP contribution in [0.1, 0.15) is 0 Å². The van der Waals surface area contributed by atoms with Crippen LogP contribution >= 0.6 is 0 Å². The first-order valence-electron chi connectivity index (χ1n) is 10.5. The highest BCUT2D eigenvalue weighted by atomic mass is 16.7. The summed E-state index contributed by atoms with van der Waals surface area (Å²) in [4.78, 5) is 24.3. The summed E-state index contributed by atoms with van der Waals surface area (Å²) in [6, 6.07) is 30.0. The average molecular weight is 454 g/mol. The Morgan fingerprint density at radius 3 is 1.65 bits per heavy atom. The third-order valence-electron chi connectivity index (χ3n) is 5.19. The minimum Gasteiger partial charge on any atom is -0.437 e. The average Bonchev–Trinajstić information content (AvgIpc) is 2.89. The molecule has 0 atom stereocenters. The van der Waals surface area contributed by atoms with Crippen LogP contribution in [-0.2, 0) is 9.47 Å². The number of rotatable bonds is 5. The van der Waals surface area contributed by atoms with E-state index in [0.717, 1.165) is 16.7 Å². The van der Waals surface area contributed by atoms with Gasteiger partial charge in [0.05, 0.1) is 14.2 Å². The van der Waals surface area contributed by atoms with Crippen LogP contribution in [0.15, 0.2) is 97.1 Å². The molecule has 0 saturated carbocycles. The van der Waals surface area contributed by atoms with Gasteiger partial charge in [-0.25, -0.2) is 9.59 Å². The molecule has 0 aliphatic carbocycles. The van der Waals surface area contributed by atoms with Crippen LogP contribution < -0.4 is 9.47 Å². The number of methoxy groups -OCH3 is 2. The van der Waals surface area contributed by atoms with Crippen molar-refractivity contribution in [1.82, 2.24) is 0 Å². The van der Waals surface area contributed by atoms with E-state index in [1.165, 1.54) is 14.2 Å². The van der Waals surface area contributed by atoms with Crippen LogP contribution in [0.3, 0.4) is 0 Å². The number of hydrogen-bond acceptors (Lipinski definition) is 6. The molecule has 4 rings (SSSR count). The predicted molar refractivity (Wildman–Crippen MR) is 129 cm³/mol. The Morgan fingerprint density at radius 1 is 0.529 bits per heavy atom. The van der Waals surface area contributed by atoms with Crippen LogP contribution in [0.25, 0.3) is 33.4 Å². The van der Waals surface area contributed by atoms with Crippen LogP contribution in [0, 0.1) is 0 Å². The van der Waals surface area contributed by atoms with Gasteiger partial charge in [0.25, 0.3) is 0 Å². The van der Waals surface area contributed by atoms with E-state index in [4.69, 9.17) is 18.9 Å². The molecule has 0 aliphatic heterocycles. The lowest BCUT2D eigenvalue weighted by Gasteiger charge is -2.19. The van der Waals surface area contributed by atoms with Gasteiger partial charge in [-0.15, -0.1) is 0 Å². The van der Waals surface area contributed by atoms with Gasteiger partial charge in [-0.3, -0.25) is 0 Å². The van der Waals surface area contributed by atoms with Crippen molar-refractivity contribution in [2.45, 2.75) is 0 Å². The van der Waals surface area contributed by atoms with Crippen molar-refractivity contribution in [2.75, 3.05) is 14.2 Å². The molecule has 0 unspecified atom stereocenters.